The second-order valence-electron chi connectivity index (χ2n) is 6.34. The molecule has 0 saturated carbocycles. The number of sulfonamides is 1. The minimum atomic E-state index is -3.72. The van der Waals surface area contributed by atoms with Crippen LogP contribution in [-0.2, 0) is 10.0 Å². The second-order valence-corrected chi connectivity index (χ2v) is 8.97. The smallest absolute Gasteiger partial charge is 0.387 e. The maximum Gasteiger partial charge on any atom is 0.387 e. The van der Waals surface area contributed by atoms with Crippen molar-refractivity contribution < 1.29 is 26.7 Å². The fourth-order valence-electron chi connectivity index (χ4n) is 2.78. The van der Waals surface area contributed by atoms with Crippen molar-refractivity contribution >= 4 is 32.4 Å². The third-order valence-corrected chi connectivity index (χ3v) is 6.50. The van der Waals surface area contributed by atoms with E-state index in [1.165, 1.54) is 18.2 Å². The first-order valence-corrected chi connectivity index (χ1v) is 11.5. The number of anilines is 1. The zero-order chi connectivity index (χ0) is 22.6. The van der Waals surface area contributed by atoms with E-state index in [2.05, 4.69) is 19.8 Å². The zero-order valence-electron chi connectivity index (χ0n) is 16.6. The predicted octanol–water partition coefficient (Wildman–Crippen LogP) is 4.27. The number of aryl methyl sites for hydroxylation is 1. The van der Waals surface area contributed by atoms with E-state index in [0.29, 0.717) is 16.8 Å². The molecule has 0 saturated heterocycles. The van der Waals surface area contributed by atoms with Gasteiger partial charge in [0.1, 0.15) is 5.75 Å². The summed E-state index contributed by atoms with van der Waals surface area (Å²) in [6.45, 7) is 0.581. The molecule has 3 rings (SSSR count). The summed E-state index contributed by atoms with van der Waals surface area (Å²) in [7, 11) is -3.72. The first-order chi connectivity index (χ1) is 14.7. The normalized spacial score (nSPS) is 11.5. The molecule has 0 radical (unpaired) electrons. The number of ether oxygens (including phenoxy) is 1. The molecular formula is C20H19F2N3O4S2. The Balaban J connectivity index is 1.84. The molecule has 0 fully saturated rings. The van der Waals surface area contributed by atoms with Crippen molar-refractivity contribution in [3.8, 4) is 17.0 Å². The van der Waals surface area contributed by atoms with Crippen molar-refractivity contribution in [3.63, 3.8) is 0 Å². The summed E-state index contributed by atoms with van der Waals surface area (Å²) < 4.78 is 56.6. The van der Waals surface area contributed by atoms with Crippen LogP contribution in [0.2, 0.25) is 0 Å². The lowest BCUT2D eigenvalue weighted by atomic mass is 10.1. The average Bonchev–Trinajstić information content (AvgIpc) is 3.16. The highest BCUT2D eigenvalue weighted by atomic mass is 32.2. The quantitative estimate of drug-likeness (QED) is 0.516. The maximum absolute atomic E-state index is 12.7. The molecule has 11 heteroatoms. The van der Waals surface area contributed by atoms with Gasteiger partial charge in [0.2, 0.25) is 10.0 Å². The Morgan fingerprint density at radius 2 is 1.97 bits per heavy atom. The lowest BCUT2D eigenvalue weighted by Crippen LogP contribution is -2.24. The third-order valence-electron chi connectivity index (χ3n) is 4.20. The van der Waals surface area contributed by atoms with E-state index in [0.717, 1.165) is 11.3 Å². The summed E-state index contributed by atoms with van der Waals surface area (Å²) in [5, 5.41) is 4.45. The van der Waals surface area contributed by atoms with Gasteiger partial charge < -0.3 is 4.74 Å². The molecule has 3 aromatic rings. The average molecular weight is 468 g/mol. The molecule has 7 nitrogen and oxygen atoms in total. The number of hydrogen-bond donors (Lipinski definition) is 2. The Kier molecular flexibility index (Phi) is 6.98. The molecule has 0 aliphatic heterocycles. The van der Waals surface area contributed by atoms with Crippen LogP contribution in [0, 0.1) is 6.92 Å². The summed E-state index contributed by atoms with van der Waals surface area (Å²) in [5.74, 6) is -0.568. The van der Waals surface area contributed by atoms with Crippen molar-refractivity contribution in [2.75, 3.05) is 11.9 Å². The minimum Gasteiger partial charge on any atom is -0.434 e. The van der Waals surface area contributed by atoms with E-state index < -0.39 is 22.5 Å². The molecular weight excluding hydrogens is 448 g/mol. The van der Waals surface area contributed by atoms with E-state index in [4.69, 9.17) is 0 Å². The van der Waals surface area contributed by atoms with Gasteiger partial charge in [0.25, 0.3) is 5.91 Å². The van der Waals surface area contributed by atoms with E-state index in [-0.39, 0.29) is 27.9 Å². The molecule has 1 heterocycles. The van der Waals surface area contributed by atoms with Gasteiger partial charge in [-0.3, -0.25) is 10.1 Å². The van der Waals surface area contributed by atoms with Gasteiger partial charge in [0.15, 0.2) is 5.13 Å². The van der Waals surface area contributed by atoms with Crippen LogP contribution >= 0.6 is 11.3 Å². The van der Waals surface area contributed by atoms with Gasteiger partial charge >= 0.3 is 6.61 Å². The Morgan fingerprint density at radius 3 is 2.68 bits per heavy atom. The first-order valence-electron chi connectivity index (χ1n) is 9.12. The Bertz CT molecular complexity index is 1200. The molecule has 2 aromatic carbocycles. The number of benzene rings is 2. The zero-order valence-corrected chi connectivity index (χ0v) is 18.2. The molecule has 2 N–H and O–H groups in total. The summed E-state index contributed by atoms with van der Waals surface area (Å²) in [6, 6.07) is 10.5. The van der Waals surface area contributed by atoms with Crippen molar-refractivity contribution in [2.45, 2.75) is 25.4 Å². The van der Waals surface area contributed by atoms with Crippen LogP contribution in [0.15, 0.2) is 52.7 Å². The Labute approximate surface area is 182 Å². The number of para-hydroxylation sites is 1. The first kappa shape index (κ1) is 22.8. The van der Waals surface area contributed by atoms with E-state index in [9.17, 15) is 22.0 Å². The Hall–Kier alpha value is -2.89. The highest BCUT2D eigenvalue weighted by Gasteiger charge is 2.19. The topological polar surface area (TPSA) is 97.4 Å². The molecule has 0 spiro atoms. The molecule has 31 heavy (non-hydrogen) atoms. The van der Waals surface area contributed by atoms with Crippen LogP contribution in [0.1, 0.15) is 22.8 Å². The van der Waals surface area contributed by atoms with E-state index >= 15 is 0 Å². The summed E-state index contributed by atoms with van der Waals surface area (Å²) >= 11 is 1.10. The highest BCUT2D eigenvalue weighted by molar-refractivity contribution is 7.89. The lowest BCUT2D eigenvalue weighted by Gasteiger charge is -2.10. The van der Waals surface area contributed by atoms with Gasteiger partial charge in [-0.25, -0.2) is 18.1 Å². The fraction of sp³-hybridized carbons (Fsp3) is 0.200. The van der Waals surface area contributed by atoms with E-state index in [1.54, 1.807) is 43.5 Å². The van der Waals surface area contributed by atoms with Gasteiger partial charge in [-0.05, 0) is 36.8 Å². The molecule has 0 atom stereocenters. The maximum atomic E-state index is 12.7. The monoisotopic (exact) mass is 467 g/mol. The van der Waals surface area contributed by atoms with Gasteiger partial charge in [-0.2, -0.15) is 8.78 Å². The molecule has 0 aliphatic carbocycles. The molecule has 0 unspecified atom stereocenters. The van der Waals surface area contributed by atoms with Crippen LogP contribution in [0.3, 0.4) is 0 Å². The number of carbonyl (C=O) groups excluding carboxylic acids is 1. The number of rotatable bonds is 8. The summed E-state index contributed by atoms with van der Waals surface area (Å²) in [4.78, 5) is 17.0. The highest BCUT2D eigenvalue weighted by Crippen LogP contribution is 2.33. The van der Waals surface area contributed by atoms with Crippen molar-refractivity contribution in [3.05, 3.63) is 59.0 Å². The summed E-state index contributed by atoms with van der Waals surface area (Å²) in [6.07, 6.45) is 0. The number of amides is 1. The molecule has 0 bridgehead atoms. The fourth-order valence-corrected chi connectivity index (χ4v) is 4.56. The number of nitrogens with one attached hydrogen (secondary N) is 2. The molecule has 1 amide bonds. The van der Waals surface area contributed by atoms with Gasteiger partial charge in [-0.15, -0.1) is 11.3 Å². The van der Waals surface area contributed by atoms with Gasteiger partial charge in [0.05, 0.1) is 10.6 Å². The number of halogens is 2. The van der Waals surface area contributed by atoms with Crippen LogP contribution in [0.4, 0.5) is 13.9 Å². The van der Waals surface area contributed by atoms with Crippen LogP contribution < -0.4 is 14.8 Å². The molecule has 0 aliphatic rings. The molecule has 1 aromatic heterocycles. The largest absolute Gasteiger partial charge is 0.434 e. The second kappa shape index (κ2) is 9.50. The van der Waals surface area contributed by atoms with E-state index in [1.807, 2.05) is 0 Å². The SMILES string of the molecule is CCNS(=O)(=O)c1ccc(C)c(C(=O)Nc2nc(-c3ccccc3OC(F)F)cs2)c1. The van der Waals surface area contributed by atoms with Crippen LogP contribution in [-0.4, -0.2) is 32.5 Å². The van der Waals surface area contributed by atoms with Crippen molar-refractivity contribution in [2.24, 2.45) is 0 Å². The number of nitrogens with zero attached hydrogens (tertiary/aromatic N) is 1. The lowest BCUT2D eigenvalue weighted by molar-refractivity contribution is -0.0494. The van der Waals surface area contributed by atoms with Crippen molar-refractivity contribution in [1.82, 2.24) is 9.71 Å². The van der Waals surface area contributed by atoms with Gasteiger partial charge in [-0.1, -0.05) is 25.1 Å². The number of aromatic nitrogens is 1. The predicted molar refractivity (Wildman–Crippen MR) is 114 cm³/mol. The Morgan fingerprint density at radius 1 is 1.23 bits per heavy atom. The standard InChI is InChI=1S/C20H19F2N3O4S2/c1-3-23-31(27,28)13-9-8-12(2)15(10-13)18(26)25-20-24-16(11-30-20)14-6-4-5-7-17(14)29-19(21)22/h4-11,19,23H,3H2,1-2H3,(H,24,25,26). The number of alkyl halides is 2. The van der Waals surface area contributed by atoms with Crippen molar-refractivity contribution in [1.29, 1.82) is 0 Å². The van der Waals surface area contributed by atoms with Crippen LogP contribution in [0.5, 0.6) is 5.75 Å². The number of hydrogen-bond acceptors (Lipinski definition) is 6. The van der Waals surface area contributed by atoms with Gasteiger partial charge in [0, 0.05) is 23.1 Å². The third kappa shape index (κ3) is 5.43. The number of carbonyl (C=O) groups is 1. The minimum absolute atomic E-state index is 0.0250. The number of thiazole rings is 1. The van der Waals surface area contributed by atoms with Crippen LogP contribution in [0.25, 0.3) is 11.3 Å². The summed E-state index contributed by atoms with van der Waals surface area (Å²) in [5.41, 5.74) is 1.48. The molecule has 164 valence electrons.